The Balaban J connectivity index is 1.59. The van der Waals surface area contributed by atoms with Crippen molar-refractivity contribution in [2.75, 3.05) is 9.80 Å². The smallest absolute Gasteiger partial charge is 0.419 e. The Morgan fingerprint density at radius 1 is 0.447 bits per heavy atom. The molecule has 6 heteroatoms. The molecule has 4 aromatic carbocycles. The second-order valence-electron chi connectivity index (χ2n) is 9.77. The van der Waals surface area contributed by atoms with Crippen LogP contribution in [0.25, 0.3) is 0 Å². The summed E-state index contributed by atoms with van der Waals surface area (Å²) in [5.41, 5.74) is 0.255. The third-order valence-corrected chi connectivity index (χ3v) is 6.56. The van der Waals surface area contributed by atoms with Gasteiger partial charge in [0, 0.05) is 0 Å². The summed E-state index contributed by atoms with van der Waals surface area (Å²) >= 11 is 0. The van der Waals surface area contributed by atoms with E-state index in [4.69, 9.17) is 9.47 Å². The number of carbonyl (C=O) groups is 2. The van der Waals surface area contributed by atoms with E-state index < -0.39 is 23.4 Å². The number of hydrogen-bond donors (Lipinski definition) is 0. The molecule has 0 aliphatic heterocycles. The van der Waals surface area contributed by atoms with E-state index >= 15 is 0 Å². The van der Waals surface area contributed by atoms with Crippen molar-refractivity contribution in [1.29, 1.82) is 0 Å². The number of rotatable bonds is 7. The van der Waals surface area contributed by atoms with Gasteiger partial charge in [-0.25, -0.2) is 19.4 Å². The van der Waals surface area contributed by atoms with Crippen LogP contribution in [-0.4, -0.2) is 23.4 Å². The molecule has 0 heterocycles. The molecule has 0 saturated heterocycles. The molecule has 2 amide bonds. The van der Waals surface area contributed by atoms with Gasteiger partial charge in [-0.1, -0.05) is 72.8 Å². The number of amides is 2. The number of para-hydroxylation sites is 4. The van der Waals surface area contributed by atoms with Crippen molar-refractivity contribution in [3.05, 3.63) is 121 Å². The number of benzene rings is 4. The van der Waals surface area contributed by atoms with E-state index in [0.717, 1.165) is 0 Å². The Bertz CT molecular complexity index is 1160. The fourth-order valence-electron chi connectivity index (χ4n) is 3.80. The highest BCUT2D eigenvalue weighted by Crippen LogP contribution is 2.35. The van der Waals surface area contributed by atoms with Gasteiger partial charge in [0.2, 0.25) is 0 Å². The van der Waals surface area contributed by atoms with Crippen LogP contribution in [0.15, 0.2) is 121 Å². The average molecular weight is 509 g/mol. The molecule has 0 saturated carbocycles. The van der Waals surface area contributed by atoms with Crippen molar-refractivity contribution in [2.24, 2.45) is 0 Å². The Morgan fingerprint density at radius 2 is 0.658 bits per heavy atom. The molecular formula is C32H32N2O4. The summed E-state index contributed by atoms with van der Waals surface area (Å²) < 4.78 is 12.1. The molecule has 0 atom stereocenters. The van der Waals surface area contributed by atoms with Crippen LogP contribution < -0.4 is 9.80 Å². The van der Waals surface area contributed by atoms with E-state index in [1.54, 1.807) is 27.7 Å². The minimum Gasteiger partial charge on any atom is -0.439 e. The van der Waals surface area contributed by atoms with Crippen LogP contribution in [0.1, 0.15) is 27.7 Å². The van der Waals surface area contributed by atoms with E-state index in [-0.39, 0.29) is 0 Å². The lowest BCUT2D eigenvalue weighted by Crippen LogP contribution is -2.54. The van der Waals surface area contributed by atoms with Gasteiger partial charge < -0.3 is 9.47 Å². The van der Waals surface area contributed by atoms with Gasteiger partial charge in [-0.15, -0.1) is 0 Å². The van der Waals surface area contributed by atoms with Crippen LogP contribution in [0.2, 0.25) is 0 Å². The molecule has 0 unspecified atom stereocenters. The van der Waals surface area contributed by atoms with Gasteiger partial charge in [0.15, 0.2) is 0 Å². The molecule has 4 aromatic rings. The minimum absolute atomic E-state index is 0.584. The molecule has 0 spiro atoms. The van der Waals surface area contributed by atoms with Crippen molar-refractivity contribution >= 4 is 34.9 Å². The molecule has 0 aliphatic carbocycles. The van der Waals surface area contributed by atoms with Gasteiger partial charge in [0.05, 0.1) is 22.7 Å². The van der Waals surface area contributed by atoms with Crippen LogP contribution in [0.5, 0.6) is 0 Å². The minimum atomic E-state index is -1.19. The van der Waals surface area contributed by atoms with Crippen LogP contribution in [-0.2, 0) is 9.47 Å². The molecule has 0 fully saturated rings. The molecule has 4 rings (SSSR count). The highest BCUT2D eigenvalue weighted by molar-refractivity contribution is 5.97. The highest BCUT2D eigenvalue weighted by Gasteiger charge is 2.46. The summed E-state index contributed by atoms with van der Waals surface area (Å²) in [5, 5.41) is 0. The lowest BCUT2D eigenvalue weighted by molar-refractivity contribution is -0.111. The second-order valence-corrected chi connectivity index (χ2v) is 9.77. The van der Waals surface area contributed by atoms with Gasteiger partial charge in [0.1, 0.15) is 11.2 Å². The van der Waals surface area contributed by atoms with Crippen molar-refractivity contribution < 1.29 is 19.1 Å². The summed E-state index contributed by atoms with van der Waals surface area (Å²) in [5.74, 6) is 0. The molecule has 0 N–H and O–H groups in total. The lowest BCUT2D eigenvalue weighted by Gasteiger charge is -2.41. The molecule has 0 bridgehead atoms. The fraction of sp³-hybridized carbons (Fsp3) is 0.188. The zero-order chi connectivity index (χ0) is 27.2. The third kappa shape index (κ3) is 5.86. The largest absolute Gasteiger partial charge is 0.439 e. The van der Waals surface area contributed by atoms with Crippen molar-refractivity contribution in [1.82, 2.24) is 0 Å². The predicted octanol–water partition coefficient (Wildman–Crippen LogP) is 8.49. The van der Waals surface area contributed by atoms with Gasteiger partial charge in [0.25, 0.3) is 0 Å². The maximum atomic E-state index is 13.6. The second kappa shape index (κ2) is 11.2. The van der Waals surface area contributed by atoms with Crippen LogP contribution in [0.4, 0.5) is 32.3 Å². The fourth-order valence-corrected chi connectivity index (χ4v) is 3.80. The van der Waals surface area contributed by atoms with Crippen LogP contribution in [0.3, 0.4) is 0 Å². The normalized spacial score (nSPS) is 11.4. The van der Waals surface area contributed by atoms with Gasteiger partial charge in [-0.3, -0.25) is 0 Å². The van der Waals surface area contributed by atoms with E-state index in [2.05, 4.69) is 0 Å². The zero-order valence-electron chi connectivity index (χ0n) is 22.1. The SMILES string of the molecule is CC(C)(OC(=O)N(c1ccccc1)c1ccccc1)C(C)(C)OC(=O)N(c1ccccc1)c1ccccc1. The highest BCUT2D eigenvalue weighted by atomic mass is 16.6. The number of hydrogen-bond acceptors (Lipinski definition) is 4. The number of nitrogens with zero attached hydrogens (tertiary/aromatic N) is 2. The summed E-state index contributed by atoms with van der Waals surface area (Å²) in [6, 6.07) is 37.1. The molecule has 0 aliphatic rings. The maximum absolute atomic E-state index is 13.6. The van der Waals surface area contributed by atoms with Gasteiger partial charge >= 0.3 is 12.2 Å². The van der Waals surface area contributed by atoms with Crippen molar-refractivity contribution in [2.45, 2.75) is 38.9 Å². The molecule has 38 heavy (non-hydrogen) atoms. The first-order chi connectivity index (χ1) is 18.2. The monoisotopic (exact) mass is 508 g/mol. The van der Waals surface area contributed by atoms with Crippen LogP contribution in [0, 0.1) is 0 Å². The van der Waals surface area contributed by atoms with E-state index in [0.29, 0.717) is 22.7 Å². The van der Waals surface area contributed by atoms with Gasteiger partial charge in [-0.2, -0.15) is 0 Å². The van der Waals surface area contributed by atoms with Gasteiger partial charge in [-0.05, 0) is 76.2 Å². The lowest BCUT2D eigenvalue weighted by atomic mass is 9.89. The average Bonchev–Trinajstić information content (AvgIpc) is 2.91. The van der Waals surface area contributed by atoms with E-state index in [1.807, 2.05) is 121 Å². The first-order valence-corrected chi connectivity index (χ1v) is 12.5. The zero-order valence-corrected chi connectivity index (χ0v) is 22.1. The number of anilines is 4. The molecular weight excluding hydrogens is 476 g/mol. The number of ether oxygens (including phenoxy) is 2. The van der Waals surface area contributed by atoms with Crippen molar-refractivity contribution in [3.63, 3.8) is 0 Å². The van der Waals surface area contributed by atoms with E-state index in [9.17, 15) is 9.59 Å². The first-order valence-electron chi connectivity index (χ1n) is 12.5. The molecule has 0 radical (unpaired) electrons. The quantitative estimate of drug-likeness (QED) is 0.251. The summed E-state index contributed by atoms with van der Waals surface area (Å²) in [6.45, 7) is 6.95. The Morgan fingerprint density at radius 3 is 0.868 bits per heavy atom. The first kappa shape index (κ1) is 26.5. The summed E-state index contributed by atoms with van der Waals surface area (Å²) in [6.07, 6.45) is -1.17. The topological polar surface area (TPSA) is 59.1 Å². The summed E-state index contributed by atoms with van der Waals surface area (Å²) in [7, 11) is 0. The summed E-state index contributed by atoms with van der Waals surface area (Å²) in [4.78, 5) is 30.2. The Labute approximate surface area is 224 Å². The standard InChI is InChI=1S/C32H32N2O4/c1-31(2,37-29(35)33(25-17-9-5-10-18-25)26-19-11-6-12-20-26)32(3,4)38-30(36)34(27-21-13-7-14-22-27)28-23-15-8-16-24-28/h5-24H,1-4H3. The molecule has 6 nitrogen and oxygen atoms in total. The van der Waals surface area contributed by atoms with Crippen LogP contribution >= 0.6 is 0 Å². The molecule has 0 aromatic heterocycles. The maximum Gasteiger partial charge on any atom is 0.419 e. The Kier molecular flexibility index (Phi) is 7.82. The molecule has 194 valence electrons. The number of carbonyl (C=O) groups excluding carboxylic acids is 2. The third-order valence-electron chi connectivity index (χ3n) is 6.56. The Hall–Kier alpha value is -4.58. The predicted molar refractivity (Wildman–Crippen MR) is 151 cm³/mol. The van der Waals surface area contributed by atoms with E-state index in [1.165, 1.54) is 9.80 Å². The van der Waals surface area contributed by atoms with Crippen molar-refractivity contribution in [3.8, 4) is 0 Å².